The number of halogens is 2. The highest BCUT2D eigenvalue weighted by atomic mass is 127. The van der Waals surface area contributed by atoms with Gasteiger partial charge in [0.2, 0.25) is 0 Å². The molecule has 114 valence electrons. The minimum absolute atomic E-state index is 0.0549. The van der Waals surface area contributed by atoms with Gasteiger partial charge in [0.1, 0.15) is 0 Å². The molecule has 1 fully saturated rings. The van der Waals surface area contributed by atoms with Crippen molar-refractivity contribution in [2.75, 3.05) is 0 Å². The fourth-order valence-corrected chi connectivity index (χ4v) is 4.87. The molecule has 0 bridgehead atoms. The number of Topliss-reactive ketones (excluding diaryl/α,β-unsaturated/α-hetero) is 1. The van der Waals surface area contributed by atoms with E-state index in [1.54, 1.807) is 6.07 Å². The van der Waals surface area contributed by atoms with Gasteiger partial charge in [-0.05, 0) is 65.6 Å². The minimum atomic E-state index is -0.897. The second kappa shape index (κ2) is 6.65. The van der Waals surface area contributed by atoms with Crippen LogP contribution in [0.25, 0.3) is 0 Å². The van der Waals surface area contributed by atoms with Crippen molar-refractivity contribution < 1.29 is 14.7 Å². The summed E-state index contributed by atoms with van der Waals surface area (Å²) in [6, 6.07) is 3.54. The smallest absolute Gasteiger partial charge is 0.307 e. The lowest BCUT2D eigenvalue weighted by atomic mass is 9.80. The van der Waals surface area contributed by atoms with E-state index < -0.39 is 10.8 Å². The molecule has 1 N–H and O–H groups in total. The van der Waals surface area contributed by atoms with E-state index in [4.69, 9.17) is 16.7 Å². The first-order chi connectivity index (χ1) is 9.83. The molecule has 2 rings (SSSR count). The highest BCUT2D eigenvalue weighted by molar-refractivity contribution is 14.1. The van der Waals surface area contributed by atoms with Crippen LogP contribution in [0.4, 0.5) is 0 Å². The molecule has 1 aromatic carbocycles. The summed E-state index contributed by atoms with van der Waals surface area (Å²) in [6.07, 6.45) is 4.96. The monoisotopic (exact) mass is 420 g/mol. The van der Waals surface area contributed by atoms with Crippen LogP contribution in [-0.4, -0.2) is 16.9 Å². The Morgan fingerprint density at radius 1 is 1.29 bits per heavy atom. The second-order valence-electron chi connectivity index (χ2n) is 5.65. The molecule has 0 unspecified atom stereocenters. The third kappa shape index (κ3) is 3.77. The number of rotatable bonds is 4. The topological polar surface area (TPSA) is 54.4 Å². The number of ketones is 1. The van der Waals surface area contributed by atoms with E-state index in [1.165, 1.54) is 13.3 Å². The molecule has 21 heavy (non-hydrogen) atoms. The van der Waals surface area contributed by atoms with Crippen LogP contribution in [0.1, 0.15) is 60.5 Å². The average Bonchev–Trinajstić information content (AvgIpc) is 2.37. The molecular formula is C16H18ClIO3. The number of alkyl halides is 1. The molecular weight excluding hydrogens is 403 g/mol. The Labute approximate surface area is 143 Å². The predicted octanol–water partition coefficient (Wildman–Crippen LogP) is 4.52. The SMILES string of the molecule is CC(=O)c1cc(CC(=O)O)cc(I)c1C1(Cl)CCCCC1. The zero-order chi connectivity index (χ0) is 15.6. The van der Waals surface area contributed by atoms with Gasteiger partial charge in [-0.1, -0.05) is 19.3 Å². The van der Waals surface area contributed by atoms with Gasteiger partial charge in [-0.15, -0.1) is 11.6 Å². The highest BCUT2D eigenvalue weighted by Crippen LogP contribution is 2.46. The van der Waals surface area contributed by atoms with E-state index in [-0.39, 0.29) is 12.2 Å². The summed E-state index contributed by atoms with van der Waals surface area (Å²) < 4.78 is 0.897. The molecule has 5 heteroatoms. The van der Waals surface area contributed by atoms with Gasteiger partial charge in [0.15, 0.2) is 5.78 Å². The lowest BCUT2D eigenvalue weighted by Crippen LogP contribution is -2.26. The first-order valence-electron chi connectivity index (χ1n) is 7.08. The number of carboxylic acid groups (broad SMARTS) is 1. The fraction of sp³-hybridized carbons (Fsp3) is 0.500. The summed E-state index contributed by atoms with van der Waals surface area (Å²) in [6.45, 7) is 1.52. The summed E-state index contributed by atoms with van der Waals surface area (Å²) in [5.41, 5.74) is 2.12. The van der Waals surface area contributed by atoms with Gasteiger partial charge in [-0.25, -0.2) is 0 Å². The Morgan fingerprint density at radius 3 is 2.43 bits per heavy atom. The predicted molar refractivity (Wildman–Crippen MR) is 91.1 cm³/mol. The van der Waals surface area contributed by atoms with Gasteiger partial charge < -0.3 is 5.11 Å². The van der Waals surface area contributed by atoms with Crippen LogP contribution in [0.3, 0.4) is 0 Å². The summed E-state index contributed by atoms with van der Waals surface area (Å²) >= 11 is 9.01. The molecule has 1 saturated carbocycles. The van der Waals surface area contributed by atoms with E-state index in [9.17, 15) is 9.59 Å². The van der Waals surface area contributed by atoms with Gasteiger partial charge in [0, 0.05) is 9.13 Å². The Kier molecular flexibility index (Phi) is 5.30. The number of hydrogen-bond acceptors (Lipinski definition) is 2. The zero-order valence-corrected chi connectivity index (χ0v) is 14.8. The van der Waals surface area contributed by atoms with Crippen LogP contribution in [0.2, 0.25) is 0 Å². The average molecular weight is 421 g/mol. The molecule has 1 aliphatic rings. The molecule has 0 amide bonds. The fourth-order valence-electron chi connectivity index (χ4n) is 3.03. The van der Waals surface area contributed by atoms with E-state index in [1.807, 2.05) is 6.07 Å². The van der Waals surface area contributed by atoms with Gasteiger partial charge in [-0.2, -0.15) is 0 Å². The van der Waals surface area contributed by atoms with E-state index >= 15 is 0 Å². The number of carboxylic acids is 1. The highest BCUT2D eigenvalue weighted by Gasteiger charge is 2.36. The summed E-state index contributed by atoms with van der Waals surface area (Å²) in [7, 11) is 0. The van der Waals surface area contributed by atoms with Crippen LogP contribution in [-0.2, 0) is 16.1 Å². The van der Waals surface area contributed by atoms with Crippen molar-refractivity contribution in [2.45, 2.75) is 50.3 Å². The zero-order valence-electron chi connectivity index (χ0n) is 11.9. The molecule has 0 aliphatic heterocycles. The maximum atomic E-state index is 12.0. The van der Waals surface area contributed by atoms with Crippen molar-refractivity contribution in [3.05, 3.63) is 32.4 Å². The van der Waals surface area contributed by atoms with Crippen LogP contribution >= 0.6 is 34.2 Å². The van der Waals surface area contributed by atoms with Gasteiger partial charge >= 0.3 is 5.97 Å². The van der Waals surface area contributed by atoms with Crippen molar-refractivity contribution in [2.24, 2.45) is 0 Å². The van der Waals surface area contributed by atoms with Crippen LogP contribution in [0.15, 0.2) is 12.1 Å². The summed E-state index contributed by atoms with van der Waals surface area (Å²) in [4.78, 5) is 22.4. The largest absolute Gasteiger partial charge is 0.481 e. The normalized spacial score (nSPS) is 17.5. The van der Waals surface area contributed by atoms with Crippen molar-refractivity contribution in [1.82, 2.24) is 0 Å². The molecule has 0 spiro atoms. The lowest BCUT2D eigenvalue weighted by molar-refractivity contribution is -0.136. The second-order valence-corrected chi connectivity index (χ2v) is 7.54. The maximum absolute atomic E-state index is 12.0. The molecule has 1 aromatic rings. The van der Waals surface area contributed by atoms with Crippen LogP contribution in [0.5, 0.6) is 0 Å². The van der Waals surface area contributed by atoms with Crippen molar-refractivity contribution in [1.29, 1.82) is 0 Å². The van der Waals surface area contributed by atoms with Crippen molar-refractivity contribution >= 4 is 45.9 Å². The number of aliphatic carboxylic acids is 1. The quantitative estimate of drug-likeness (QED) is 0.443. The molecule has 3 nitrogen and oxygen atoms in total. The summed E-state index contributed by atoms with van der Waals surface area (Å²) in [5, 5.41) is 8.94. The minimum Gasteiger partial charge on any atom is -0.481 e. The number of benzene rings is 1. The summed E-state index contributed by atoms with van der Waals surface area (Å²) in [5.74, 6) is -0.952. The standard InChI is InChI=1S/C16H18ClIO3/c1-10(19)12-7-11(9-14(20)21)8-13(18)15(12)16(17)5-3-2-4-6-16/h7-8H,2-6,9H2,1H3,(H,20,21). The molecule has 0 atom stereocenters. The van der Waals surface area contributed by atoms with E-state index in [2.05, 4.69) is 22.6 Å². The Hall–Kier alpha value is -0.620. The third-order valence-corrected chi connectivity index (χ3v) is 5.40. The Bertz CT molecular complexity index is 577. The molecule has 0 heterocycles. The Morgan fingerprint density at radius 2 is 1.90 bits per heavy atom. The maximum Gasteiger partial charge on any atom is 0.307 e. The van der Waals surface area contributed by atoms with Gasteiger partial charge in [-0.3, -0.25) is 9.59 Å². The first-order valence-corrected chi connectivity index (χ1v) is 8.54. The Balaban J connectivity index is 2.54. The van der Waals surface area contributed by atoms with Gasteiger partial charge in [0.05, 0.1) is 11.3 Å². The molecule has 0 radical (unpaired) electrons. The van der Waals surface area contributed by atoms with E-state index in [0.717, 1.165) is 34.8 Å². The number of hydrogen-bond donors (Lipinski definition) is 1. The molecule has 1 aliphatic carbocycles. The van der Waals surface area contributed by atoms with Crippen LogP contribution in [0, 0.1) is 3.57 Å². The first kappa shape index (κ1) is 16.7. The van der Waals surface area contributed by atoms with Crippen LogP contribution < -0.4 is 0 Å². The van der Waals surface area contributed by atoms with Crippen molar-refractivity contribution in [3.8, 4) is 0 Å². The van der Waals surface area contributed by atoms with Gasteiger partial charge in [0.25, 0.3) is 0 Å². The molecule has 0 aromatic heterocycles. The number of carbonyl (C=O) groups is 2. The van der Waals surface area contributed by atoms with Crippen molar-refractivity contribution in [3.63, 3.8) is 0 Å². The third-order valence-electron chi connectivity index (χ3n) is 3.98. The number of carbonyl (C=O) groups excluding carboxylic acids is 1. The van der Waals surface area contributed by atoms with E-state index in [0.29, 0.717) is 11.1 Å². The lowest BCUT2D eigenvalue weighted by Gasteiger charge is -2.34. The molecule has 0 saturated heterocycles.